The Hall–Kier alpha value is -1.43. The molecule has 0 spiro atoms. The summed E-state index contributed by atoms with van der Waals surface area (Å²) in [7, 11) is 1.72. The monoisotopic (exact) mass is 276 g/mol. The van der Waals surface area contributed by atoms with Crippen molar-refractivity contribution in [3.05, 3.63) is 30.6 Å². The highest BCUT2D eigenvalue weighted by atomic mass is 16.5. The molecule has 0 radical (unpaired) electrons. The van der Waals surface area contributed by atoms with E-state index in [4.69, 9.17) is 4.74 Å². The fourth-order valence-corrected chi connectivity index (χ4v) is 2.18. The Morgan fingerprint density at radius 1 is 1.30 bits per heavy atom. The molecule has 0 aliphatic heterocycles. The first-order valence-corrected chi connectivity index (χ1v) is 7.14. The van der Waals surface area contributed by atoms with Crippen LogP contribution in [0.15, 0.2) is 30.6 Å². The molecule has 0 aliphatic rings. The van der Waals surface area contributed by atoms with Crippen LogP contribution in [0.25, 0.3) is 11.0 Å². The van der Waals surface area contributed by atoms with Gasteiger partial charge in [0.25, 0.3) is 0 Å². The van der Waals surface area contributed by atoms with Crippen LogP contribution in [0.1, 0.15) is 6.92 Å². The van der Waals surface area contributed by atoms with Crippen LogP contribution in [-0.4, -0.2) is 48.9 Å². The van der Waals surface area contributed by atoms with Gasteiger partial charge < -0.3 is 19.9 Å². The molecule has 1 aromatic carbocycles. The van der Waals surface area contributed by atoms with Crippen LogP contribution in [0.4, 0.5) is 0 Å². The zero-order valence-electron chi connectivity index (χ0n) is 12.3. The van der Waals surface area contributed by atoms with E-state index < -0.39 is 0 Å². The second-order valence-corrected chi connectivity index (χ2v) is 4.98. The van der Waals surface area contributed by atoms with Gasteiger partial charge in [-0.2, -0.15) is 0 Å². The summed E-state index contributed by atoms with van der Waals surface area (Å²) < 4.78 is 7.19. The van der Waals surface area contributed by atoms with Crippen LogP contribution in [-0.2, 0) is 11.3 Å². The Morgan fingerprint density at radius 3 is 3.00 bits per heavy atom. The maximum atomic E-state index is 5.00. The maximum absolute atomic E-state index is 5.00. The maximum Gasteiger partial charge on any atom is 0.0958 e. The van der Waals surface area contributed by atoms with Gasteiger partial charge in [-0.05, 0) is 19.1 Å². The number of methoxy groups -OCH3 is 1. The Labute approximate surface area is 120 Å². The molecule has 0 bridgehead atoms. The van der Waals surface area contributed by atoms with Gasteiger partial charge in [-0.3, -0.25) is 0 Å². The third kappa shape index (κ3) is 4.30. The number of ether oxygens (including phenoxy) is 1. The van der Waals surface area contributed by atoms with Crippen molar-refractivity contribution in [2.45, 2.75) is 19.5 Å². The highest BCUT2D eigenvalue weighted by Gasteiger charge is 2.03. The normalized spacial score (nSPS) is 12.9. The van der Waals surface area contributed by atoms with Gasteiger partial charge >= 0.3 is 0 Å². The Bertz CT molecular complexity index is 511. The van der Waals surface area contributed by atoms with Gasteiger partial charge in [-0.25, -0.2) is 4.98 Å². The minimum Gasteiger partial charge on any atom is -0.383 e. The zero-order valence-corrected chi connectivity index (χ0v) is 12.3. The predicted octanol–water partition coefficient (Wildman–Crippen LogP) is 1.25. The lowest BCUT2D eigenvalue weighted by molar-refractivity contribution is 0.198. The molecule has 0 fully saturated rings. The smallest absolute Gasteiger partial charge is 0.0958 e. The van der Waals surface area contributed by atoms with Gasteiger partial charge in [0.15, 0.2) is 0 Å². The number of hydrogen-bond donors (Lipinski definition) is 2. The van der Waals surface area contributed by atoms with Crippen LogP contribution in [0, 0.1) is 0 Å². The molecule has 0 aliphatic carbocycles. The predicted molar refractivity (Wildman–Crippen MR) is 81.9 cm³/mol. The average molecular weight is 276 g/mol. The highest BCUT2D eigenvalue weighted by molar-refractivity contribution is 5.74. The molecule has 2 aromatic rings. The molecule has 2 N–H and O–H groups in total. The molecule has 1 aromatic heterocycles. The quantitative estimate of drug-likeness (QED) is 0.677. The summed E-state index contributed by atoms with van der Waals surface area (Å²) in [5, 5.41) is 6.86. The van der Waals surface area contributed by atoms with E-state index in [2.05, 4.69) is 39.2 Å². The highest BCUT2D eigenvalue weighted by Crippen LogP contribution is 2.10. The summed E-state index contributed by atoms with van der Waals surface area (Å²) in [6.45, 7) is 6.67. The van der Waals surface area contributed by atoms with E-state index in [1.807, 2.05) is 18.5 Å². The summed E-state index contributed by atoms with van der Waals surface area (Å²) in [5.74, 6) is 0. The molecule has 5 nitrogen and oxygen atoms in total. The first-order chi connectivity index (χ1) is 9.81. The first-order valence-electron chi connectivity index (χ1n) is 7.14. The fourth-order valence-electron chi connectivity index (χ4n) is 2.18. The van der Waals surface area contributed by atoms with E-state index in [9.17, 15) is 0 Å². The van der Waals surface area contributed by atoms with Crippen LogP contribution in [0.2, 0.25) is 0 Å². The minimum absolute atomic E-state index is 0.446. The van der Waals surface area contributed by atoms with Crippen molar-refractivity contribution in [1.29, 1.82) is 0 Å². The van der Waals surface area contributed by atoms with Gasteiger partial charge in [0.05, 0.1) is 24.0 Å². The number of nitrogens with one attached hydrogen (secondary N) is 2. The molecule has 0 saturated heterocycles. The first kappa shape index (κ1) is 15.0. The van der Waals surface area contributed by atoms with E-state index in [0.717, 1.165) is 38.3 Å². The molecule has 0 saturated carbocycles. The third-order valence-electron chi connectivity index (χ3n) is 3.31. The van der Waals surface area contributed by atoms with Crippen LogP contribution >= 0.6 is 0 Å². The standard InChI is InChI=1S/C15H24N4O/c1-13(11-16-8-10-20-2)17-7-9-19-12-18-14-5-3-4-6-15(14)19/h3-6,12-13,16-17H,7-11H2,1-2H3. The van der Waals surface area contributed by atoms with Gasteiger partial charge in [0.1, 0.15) is 0 Å². The summed E-state index contributed by atoms with van der Waals surface area (Å²) in [6, 6.07) is 8.67. The van der Waals surface area contributed by atoms with Gasteiger partial charge in [0, 0.05) is 39.3 Å². The van der Waals surface area contributed by atoms with E-state index in [0.29, 0.717) is 6.04 Å². The molecule has 20 heavy (non-hydrogen) atoms. The van der Waals surface area contributed by atoms with Gasteiger partial charge in [-0.1, -0.05) is 12.1 Å². The Morgan fingerprint density at radius 2 is 2.15 bits per heavy atom. The topological polar surface area (TPSA) is 51.1 Å². The number of hydrogen-bond acceptors (Lipinski definition) is 4. The van der Waals surface area contributed by atoms with E-state index >= 15 is 0 Å². The Balaban J connectivity index is 1.70. The van der Waals surface area contributed by atoms with Crippen molar-refractivity contribution in [3.8, 4) is 0 Å². The summed E-state index contributed by atoms with van der Waals surface area (Å²) in [6.07, 6.45) is 1.91. The number of fused-ring (bicyclic) bond motifs is 1. The molecule has 0 amide bonds. The van der Waals surface area contributed by atoms with Gasteiger partial charge in [-0.15, -0.1) is 0 Å². The third-order valence-corrected chi connectivity index (χ3v) is 3.31. The van der Waals surface area contributed by atoms with Crippen LogP contribution in [0.3, 0.4) is 0 Å². The minimum atomic E-state index is 0.446. The average Bonchev–Trinajstić information content (AvgIpc) is 2.87. The fraction of sp³-hybridized carbons (Fsp3) is 0.533. The molecule has 2 rings (SSSR count). The number of rotatable bonds is 9. The van der Waals surface area contributed by atoms with Crippen LogP contribution in [0.5, 0.6) is 0 Å². The lowest BCUT2D eigenvalue weighted by Crippen LogP contribution is -2.38. The molecule has 1 heterocycles. The van der Waals surface area contributed by atoms with Crippen LogP contribution < -0.4 is 10.6 Å². The molecule has 1 atom stereocenters. The summed E-state index contributed by atoms with van der Waals surface area (Å²) in [5.41, 5.74) is 2.25. The van der Waals surface area contributed by atoms with Crippen molar-refractivity contribution in [2.75, 3.05) is 33.4 Å². The number of imidazole rings is 1. The largest absolute Gasteiger partial charge is 0.383 e. The molecule has 1 unspecified atom stereocenters. The lowest BCUT2D eigenvalue weighted by atomic mass is 10.3. The van der Waals surface area contributed by atoms with E-state index in [1.54, 1.807) is 7.11 Å². The van der Waals surface area contributed by atoms with Gasteiger partial charge in [0.2, 0.25) is 0 Å². The second kappa shape index (κ2) is 7.99. The van der Waals surface area contributed by atoms with Crippen molar-refractivity contribution in [2.24, 2.45) is 0 Å². The zero-order chi connectivity index (χ0) is 14.2. The number of nitrogens with zero attached hydrogens (tertiary/aromatic N) is 2. The van der Waals surface area contributed by atoms with Crippen molar-refractivity contribution >= 4 is 11.0 Å². The Kier molecular flexibility index (Phi) is 5.98. The van der Waals surface area contributed by atoms with Crippen molar-refractivity contribution < 1.29 is 4.74 Å². The number of aromatic nitrogens is 2. The lowest BCUT2D eigenvalue weighted by Gasteiger charge is -2.15. The summed E-state index contributed by atoms with van der Waals surface area (Å²) >= 11 is 0. The summed E-state index contributed by atoms with van der Waals surface area (Å²) in [4.78, 5) is 4.40. The van der Waals surface area contributed by atoms with Crippen molar-refractivity contribution in [1.82, 2.24) is 20.2 Å². The molecule has 5 heteroatoms. The molecular weight excluding hydrogens is 252 g/mol. The number of para-hydroxylation sites is 2. The van der Waals surface area contributed by atoms with E-state index in [1.165, 1.54) is 5.52 Å². The van der Waals surface area contributed by atoms with E-state index in [-0.39, 0.29) is 0 Å². The number of benzene rings is 1. The SMILES string of the molecule is COCCNCC(C)NCCn1cnc2ccccc21. The molecular formula is C15H24N4O. The second-order valence-electron chi connectivity index (χ2n) is 4.98. The molecule has 110 valence electrons. The van der Waals surface area contributed by atoms with Crippen molar-refractivity contribution in [3.63, 3.8) is 0 Å².